The fraction of sp³-hybridized carbons (Fsp3) is 0.0968. The molecule has 0 unspecified atom stereocenters. The van der Waals surface area contributed by atoms with E-state index in [1.54, 1.807) is 0 Å². The Balaban J connectivity index is 1.51. The molecule has 7 rings (SSSR count). The van der Waals surface area contributed by atoms with Crippen molar-refractivity contribution in [2.75, 3.05) is 12.5 Å². The van der Waals surface area contributed by atoms with Gasteiger partial charge >= 0.3 is 0 Å². The average molecular weight is 444 g/mol. The molecule has 1 nitrogen and oxygen atoms in total. The molecule has 160 valence electrons. The summed E-state index contributed by atoms with van der Waals surface area (Å²) in [5.41, 5.74) is 8.03. The van der Waals surface area contributed by atoms with Gasteiger partial charge in [0.25, 0.3) is 0 Å². The van der Waals surface area contributed by atoms with Crippen LogP contribution in [0.4, 0.5) is 0 Å². The molecule has 0 amide bonds. The quantitative estimate of drug-likeness (QED) is 0.240. The highest BCUT2D eigenvalue weighted by molar-refractivity contribution is 8.33. The third-order valence-electron chi connectivity index (χ3n) is 7.46. The van der Waals surface area contributed by atoms with Crippen LogP contribution in [0, 0.1) is 0 Å². The molecule has 2 heterocycles. The largest absolute Gasteiger partial charge is 0.343 e. The summed E-state index contributed by atoms with van der Waals surface area (Å²) in [5, 5.41) is 5.24. The van der Waals surface area contributed by atoms with Gasteiger partial charge in [0.05, 0.1) is 5.52 Å². The molecule has 5 aromatic carbocycles. The van der Waals surface area contributed by atoms with Gasteiger partial charge in [0.1, 0.15) is 0 Å². The first-order valence-corrected chi connectivity index (χ1v) is 13.9. The van der Waals surface area contributed by atoms with Crippen molar-refractivity contribution in [3.63, 3.8) is 0 Å². The van der Waals surface area contributed by atoms with E-state index in [9.17, 15) is 0 Å². The summed E-state index contributed by atoms with van der Waals surface area (Å²) in [6.45, 7) is 0. The third kappa shape index (κ3) is 2.50. The average Bonchev–Trinajstić information content (AvgIpc) is 3.26. The van der Waals surface area contributed by atoms with E-state index in [0.29, 0.717) is 0 Å². The van der Waals surface area contributed by atoms with E-state index in [-0.39, 0.29) is 0 Å². The Kier molecular flexibility index (Phi) is 3.76. The number of benzene rings is 5. The topological polar surface area (TPSA) is 4.93 Å². The van der Waals surface area contributed by atoms with Crippen LogP contribution in [0.5, 0.6) is 0 Å². The van der Waals surface area contributed by atoms with Crippen molar-refractivity contribution < 1.29 is 0 Å². The predicted octanol–water partition coefficient (Wildman–Crippen LogP) is 8.61. The lowest BCUT2D eigenvalue weighted by Crippen LogP contribution is -1.94. The maximum Gasteiger partial charge on any atom is 0.0568 e. The summed E-state index contributed by atoms with van der Waals surface area (Å²) in [6, 6.07) is 36.2. The van der Waals surface area contributed by atoms with E-state index in [1.165, 1.54) is 64.6 Å². The number of fused-ring (bicyclic) bond motifs is 7. The molecule has 0 bridgehead atoms. The maximum absolute atomic E-state index is 2.47. The van der Waals surface area contributed by atoms with Gasteiger partial charge in [-0.05, 0) is 64.2 Å². The van der Waals surface area contributed by atoms with E-state index >= 15 is 0 Å². The Morgan fingerprint density at radius 2 is 1.27 bits per heavy atom. The van der Waals surface area contributed by atoms with Crippen LogP contribution in [0.15, 0.2) is 107 Å². The van der Waals surface area contributed by atoms with Gasteiger partial charge in [-0.25, -0.2) is 0 Å². The predicted molar refractivity (Wildman–Crippen MR) is 145 cm³/mol. The zero-order valence-corrected chi connectivity index (χ0v) is 19.9. The van der Waals surface area contributed by atoms with Crippen molar-refractivity contribution >= 4 is 42.6 Å². The summed E-state index contributed by atoms with van der Waals surface area (Å²) < 4.78 is 2.38. The Hall–Kier alpha value is -3.49. The molecule has 0 atom stereocenters. The molecular formula is C31H25NS. The van der Waals surface area contributed by atoms with Gasteiger partial charge < -0.3 is 4.57 Å². The zero-order chi connectivity index (χ0) is 22.3. The number of aryl methyl sites for hydroxylation is 1. The van der Waals surface area contributed by atoms with Crippen LogP contribution in [0.1, 0.15) is 0 Å². The molecule has 1 aromatic heterocycles. The number of rotatable bonds is 1. The summed E-state index contributed by atoms with van der Waals surface area (Å²) in [5.74, 6) is 0. The molecule has 0 radical (unpaired) electrons. The first-order valence-electron chi connectivity index (χ1n) is 11.4. The minimum atomic E-state index is -1.02. The fourth-order valence-corrected chi connectivity index (χ4v) is 8.32. The van der Waals surface area contributed by atoms with Gasteiger partial charge in [0, 0.05) is 38.7 Å². The van der Waals surface area contributed by atoms with E-state index in [1.807, 2.05) is 0 Å². The van der Waals surface area contributed by atoms with Crippen LogP contribution in [0.3, 0.4) is 0 Å². The fourth-order valence-electron chi connectivity index (χ4n) is 5.78. The van der Waals surface area contributed by atoms with E-state index in [4.69, 9.17) is 0 Å². The van der Waals surface area contributed by atoms with Crippen molar-refractivity contribution in [3.05, 3.63) is 97.1 Å². The monoisotopic (exact) mass is 443 g/mol. The third-order valence-corrected chi connectivity index (χ3v) is 10.3. The number of aromatic nitrogens is 1. The normalized spacial score (nSPS) is 15.1. The Morgan fingerprint density at radius 3 is 2.12 bits per heavy atom. The van der Waals surface area contributed by atoms with Crippen LogP contribution >= 0.6 is 10.0 Å². The molecule has 33 heavy (non-hydrogen) atoms. The number of para-hydroxylation sites is 1. The van der Waals surface area contributed by atoms with Crippen LogP contribution in [0.2, 0.25) is 0 Å². The van der Waals surface area contributed by atoms with Crippen LogP contribution in [-0.4, -0.2) is 17.1 Å². The lowest BCUT2D eigenvalue weighted by molar-refractivity contribution is 1.02. The van der Waals surface area contributed by atoms with Crippen molar-refractivity contribution in [2.45, 2.75) is 9.79 Å². The van der Waals surface area contributed by atoms with Crippen LogP contribution in [0.25, 0.3) is 54.8 Å². The Bertz CT molecular complexity index is 1750. The Labute approximate surface area is 195 Å². The number of hydrogen-bond donors (Lipinski definition) is 0. The lowest BCUT2D eigenvalue weighted by Gasteiger charge is -2.28. The van der Waals surface area contributed by atoms with Gasteiger partial charge in [0.2, 0.25) is 0 Å². The molecule has 6 aromatic rings. The standard InChI is InChI=1S/C31H25NS/c1-32-28-18-21-10-5-4-9-20(21)17-27(28)26-13-8-12-23(31(26)32)22-15-16-25-24-11-6-7-14-29(24)33(2,3)30(25)19-22/h4-19H,1-3H3. The van der Waals surface area contributed by atoms with Gasteiger partial charge in [-0.3, -0.25) is 0 Å². The van der Waals surface area contributed by atoms with E-state index in [2.05, 4.69) is 121 Å². The van der Waals surface area contributed by atoms with Crippen molar-refractivity contribution in [3.8, 4) is 22.3 Å². The summed E-state index contributed by atoms with van der Waals surface area (Å²) in [7, 11) is 1.19. The second kappa shape index (κ2) is 6.52. The van der Waals surface area contributed by atoms with Crippen molar-refractivity contribution in [1.82, 2.24) is 4.57 Å². The molecule has 0 aliphatic carbocycles. The highest BCUT2D eigenvalue weighted by Crippen LogP contribution is 2.67. The number of nitrogens with zero attached hydrogens (tertiary/aromatic N) is 1. The molecular weight excluding hydrogens is 418 g/mol. The smallest absolute Gasteiger partial charge is 0.0568 e. The van der Waals surface area contributed by atoms with Crippen LogP contribution < -0.4 is 0 Å². The number of hydrogen-bond acceptors (Lipinski definition) is 0. The second-order valence-corrected chi connectivity index (χ2v) is 13.0. The van der Waals surface area contributed by atoms with Crippen molar-refractivity contribution in [2.24, 2.45) is 7.05 Å². The molecule has 1 aliphatic rings. The van der Waals surface area contributed by atoms with Gasteiger partial charge in [-0.1, -0.05) is 72.8 Å². The SMILES string of the molecule is Cn1c2cc3ccccc3cc2c2cccc(-c3ccc4c(c3)S(C)(C)c3ccccc3-4)c21. The van der Waals surface area contributed by atoms with E-state index in [0.717, 1.165) is 0 Å². The highest BCUT2D eigenvalue weighted by Gasteiger charge is 2.31. The first-order chi connectivity index (χ1) is 16.0. The van der Waals surface area contributed by atoms with Crippen LogP contribution in [-0.2, 0) is 7.05 Å². The molecule has 0 spiro atoms. The van der Waals surface area contributed by atoms with E-state index < -0.39 is 10.0 Å². The van der Waals surface area contributed by atoms with Gasteiger partial charge in [-0.2, -0.15) is 10.0 Å². The molecule has 0 N–H and O–H groups in total. The molecule has 2 heteroatoms. The Morgan fingerprint density at radius 1 is 0.576 bits per heavy atom. The molecule has 0 saturated heterocycles. The summed E-state index contributed by atoms with van der Waals surface area (Å²) in [6.07, 6.45) is 4.87. The highest BCUT2D eigenvalue weighted by atomic mass is 32.3. The molecule has 0 saturated carbocycles. The zero-order valence-electron chi connectivity index (χ0n) is 19.1. The molecule has 1 aliphatic heterocycles. The minimum Gasteiger partial charge on any atom is -0.343 e. The van der Waals surface area contributed by atoms with Gasteiger partial charge in [-0.15, -0.1) is 0 Å². The summed E-state index contributed by atoms with van der Waals surface area (Å²) >= 11 is 0. The first kappa shape index (κ1) is 19.0. The van der Waals surface area contributed by atoms with Crippen molar-refractivity contribution in [1.29, 1.82) is 0 Å². The minimum absolute atomic E-state index is 1.02. The second-order valence-electron chi connectivity index (χ2n) is 9.51. The lowest BCUT2D eigenvalue weighted by atomic mass is 9.98. The van der Waals surface area contributed by atoms with Gasteiger partial charge in [0.15, 0.2) is 0 Å². The summed E-state index contributed by atoms with van der Waals surface area (Å²) in [4.78, 5) is 3.01. The molecule has 0 fully saturated rings. The maximum atomic E-state index is 2.47.